The maximum atomic E-state index is 12.9. The van der Waals surface area contributed by atoms with Crippen molar-refractivity contribution in [2.45, 2.75) is 204 Å². The molecular formula is C35H69NO11S. The highest BCUT2D eigenvalue weighted by molar-refractivity contribution is 7.80. The number of hydrogen-bond donors (Lipinski definition) is 6. The molecule has 0 spiro atoms. The van der Waals surface area contributed by atoms with E-state index in [9.17, 15) is 33.6 Å². The molecule has 7 unspecified atom stereocenters. The normalized spacial score (nSPS) is 22.9. The van der Waals surface area contributed by atoms with Crippen molar-refractivity contribution >= 4 is 16.3 Å². The Balaban J connectivity index is 2.63. The van der Waals surface area contributed by atoms with Crippen LogP contribution in [0.2, 0.25) is 0 Å². The van der Waals surface area contributed by atoms with Gasteiger partial charge in [0, 0.05) is 6.42 Å². The van der Waals surface area contributed by atoms with Crippen LogP contribution >= 0.6 is 0 Å². The van der Waals surface area contributed by atoms with Gasteiger partial charge in [0.1, 0.15) is 24.4 Å². The van der Waals surface area contributed by atoms with E-state index in [2.05, 4.69) is 23.3 Å². The molecule has 0 aromatic carbocycles. The van der Waals surface area contributed by atoms with Gasteiger partial charge in [-0.2, -0.15) is 8.42 Å². The van der Waals surface area contributed by atoms with E-state index in [-0.39, 0.29) is 12.5 Å². The number of amides is 1. The van der Waals surface area contributed by atoms with Gasteiger partial charge in [-0.05, 0) is 12.8 Å². The average Bonchev–Trinajstić information content (AvgIpc) is 3.04. The molecule has 1 fully saturated rings. The number of aliphatic hydroxyl groups is 4. The van der Waals surface area contributed by atoms with Gasteiger partial charge < -0.3 is 35.2 Å². The molecule has 48 heavy (non-hydrogen) atoms. The Labute approximate surface area is 290 Å². The summed E-state index contributed by atoms with van der Waals surface area (Å²) < 4.78 is 47.3. The van der Waals surface area contributed by atoms with Crippen LogP contribution in [-0.2, 0) is 28.9 Å². The average molecular weight is 712 g/mol. The number of carbonyl (C=O) groups is 1. The van der Waals surface area contributed by atoms with Crippen LogP contribution in [0.5, 0.6) is 0 Å². The van der Waals surface area contributed by atoms with Crippen LogP contribution in [0.25, 0.3) is 0 Å². The Morgan fingerprint density at radius 1 is 0.750 bits per heavy atom. The lowest BCUT2D eigenvalue weighted by molar-refractivity contribution is -0.298. The number of rotatable bonds is 31. The van der Waals surface area contributed by atoms with Gasteiger partial charge in [0.15, 0.2) is 6.29 Å². The maximum Gasteiger partial charge on any atom is 0.397 e. The molecule has 1 aliphatic heterocycles. The summed E-state index contributed by atoms with van der Waals surface area (Å²) in [7, 11) is -5.06. The van der Waals surface area contributed by atoms with Crippen LogP contribution in [0.1, 0.15) is 162 Å². The summed E-state index contributed by atoms with van der Waals surface area (Å²) in [6.07, 6.45) is 15.5. The summed E-state index contributed by atoms with van der Waals surface area (Å²) in [5, 5.41) is 44.5. The third kappa shape index (κ3) is 21.3. The Morgan fingerprint density at radius 3 is 1.67 bits per heavy atom. The van der Waals surface area contributed by atoms with Gasteiger partial charge in [-0.1, -0.05) is 142 Å². The van der Waals surface area contributed by atoms with E-state index in [4.69, 9.17) is 14.0 Å². The van der Waals surface area contributed by atoms with E-state index in [1.807, 2.05) is 0 Å². The third-order valence-corrected chi connectivity index (χ3v) is 9.63. The van der Waals surface area contributed by atoms with Crippen molar-refractivity contribution in [2.75, 3.05) is 13.2 Å². The second-order valence-corrected chi connectivity index (χ2v) is 14.6. The van der Waals surface area contributed by atoms with Crippen molar-refractivity contribution in [3.63, 3.8) is 0 Å². The van der Waals surface area contributed by atoms with Crippen molar-refractivity contribution in [1.82, 2.24) is 5.32 Å². The topological polar surface area (TPSA) is 192 Å². The van der Waals surface area contributed by atoms with Crippen LogP contribution in [0, 0.1) is 0 Å². The monoisotopic (exact) mass is 711 g/mol. The Morgan fingerprint density at radius 2 is 1.21 bits per heavy atom. The summed E-state index contributed by atoms with van der Waals surface area (Å²) in [5.41, 5.74) is 0. The predicted octanol–water partition coefficient (Wildman–Crippen LogP) is 5.49. The standard InChI is InChI=1S/C35H69NO11S/c1-3-5-7-9-11-13-15-16-18-20-22-24-29(38)28(36-31(39)25-23-21-19-17-14-12-10-8-6-4-2)27-45-35-33(41)34(47-48(42,43)44)32(40)30(26-37)46-35/h28-30,32-35,37-38,40-41H,3-27H2,1-2H3,(H,36,39)(H,42,43,44). The lowest BCUT2D eigenvalue weighted by Crippen LogP contribution is -2.61. The van der Waals surface area contributed by atoms with Crippen molar-refractivity contribution in [1.29, 1.82) is 0 Å². The molecule has 0 bridgehead atoms. The first kappa shape index (κ1) is 45.1. The molecule has 7 atom stereocenters. The van der Waals surface area contributed by atoms with E-state index in [1.165, 1.54) is 83.5 Å². The Hall–Kier alpha value is -0.900. The highest BCUT2D eigenvalue weighted by Crippen LogP contribution is 2.26. The number of ether oxygens (including phenoxy) is 2. The minimum atomic E-state index is -5.06. The first-order valence-corrected chi connectivity index (χ1v) is 20.3. The van der Waals surface area contributed by atoms with Crippen LogP contribution in [0.15, 0.2) is 0 Å². The summed E-state index contributed by atoms with van der Waals surface area (Å²) in [6.45, 7) is 3.38. The van der Waals surface area contributed by atoms with E-state index in [0.29, 0.717) is 12.8 Å². The summed E-state index contributed by atoms with van der Waals surface area (Å²) in [6, 6.07) is -0.847. The molecule has 1 saturated heterocycles. The zero-order valence-electron chi connectivity index (χ0n) is 29.8. The molecule has 0 aromatic heterocycles. The molecule has 6 N–H and O–H groups in total. The second-order valence-electron chi connectivity index (χ2n) is 13.5. The quantitative estimate of drug-likeness (QED) is 0.0394. The van der Waals surface area contributed by atoms with Gasteiger partial charge in [0.2, 0.25) is 5.91 Å². The lowest BCUT2D eigenvalue weighted by Gasteiger charge is -2.41. The molecule has 13 heteroatoms. The molecule has 12 nitrogen and oxygen atoms in total. The third-order valence-electron chi connectivity index (χ3n) is 9.17. The van der Waals surface area contributed by atoms with E-state index < -0.39 is 59.9 Å². The molecule has 1 heterocycles. The molecule has 0 aromatic rings. The fourth-order valence-corrected chi connectivity index (χ4v) is 6.67. The zero-order valence-corrected chi connectivity index (χ0v) is 30.6. The molecule has 1 aliphatic rings. The minimum absolute atomic E-state index is 0.234. The van der Waals surface area contributed by atoms with Crippen LogP contribution in [0.3, 0.4) is 0 Å². The summed E-state index contributed by atoms with van der Waals surface area (Å²) in [5.74, 6) is -0.234. The highest BCUT2D eigenvalue weighted by atomic mass is 32.3. The first-order chi connectivity index (χ1) is 23.0. The molecular weight excluding hydrogens is 642 g/mol. The van der Waals surface area contributed by atoms with Crippen molar-refractivity contribution in [2.24, 2.45) is 0 Å². The molecule has 286 valence electrons. The van der Waals surface area contributed by atoms with Gasteiger partial charge in [-0.15, -0.1) is 0 Å². The minimum Gasteiger partial charge on any atom is -0.394 e. The Bertz CT molecular complexity index is 894. The highest BCUT2D eigenvalue weighted by Gasteiger charge is 2.48. The maximum absolute atomic E-state index is 12.9. The first-order valence-electron chi connectivity index (χ1n) is 18.9. The predicted molar refractivity (Wildman–Crippen MR) is 186 cm³/mol. The molecule has 0 aliphatic carbocycles. The molecule has 0 radical (unpaired) electrons. The summed E-state index contributed by atoms with van der Waals surface area (Å²) in [4.78, 5) is 12.9. The summed E-state index contributed by atoms with van der Waals surface area (Å²) >= 11 is 0. The number of hydrogen-bond acceptors (Lipinski definition) is 10. The number of nitrogens with one attached hydrogen (secondary N) is 1. The SMILES string of the molecule is CCCCCCCCCCCCCC(O)C(COC1OC(CO)C(O)C(OS(=O)(=O)O)C1O)NC(=O)CCCCCCCCCCCC. The van der Waals surface area contributed by atoms with Gasteiger partial charge in [0.05, 0.1) is 25.4 Å². The van der Waals surface area contributed by atoms with E-state index in [1.54, 1.807) is 0 Å². The lowest BCUT2D eigenvalue weighted by atomic mass is 9.99. The Kier molecular flexibility index (Phi) is 26.1. The number of aliphatic hydroxyl groups excluding tert-OH is 4. The van der Waals surface area contributed by atoms with E-state index >= 15 is 0 Å². The van der Waals surface area contributed by atoms with Gasteiger partial charge in [-0.3, -0.25) is 9.35 Å². The van der Waals surface area contributed by atoms with Gasteiger partial charge >= 0.3 is 10.4 Å². The van der Waals surface area contributed by atoms with Crippen molar-refractivity contribution in [3.05, 3.63) is 0 Å². The van der Waals surface area contributed by atoms with Crippen molar-refractivity contribution < 1.29 is 51.8 Å². The fraction of sp³-hybridized carbons (Fsp3) is 0.971. The second kappa shape index (κ2) is 27.8. The van der Waals surface area contributed by atoms with Crippen molar-refractivity contribution in [3.8, 4) is 0 Å². The zero-order chi connectivity index (χ0) is 35.6. The molecule has 1 rings (SSSR count). The van der Waals surface area contributed by atoms with Crippen LogP contribution in [-0.4, -0.2) is 95.4 Å². The number of carbonyl (C=O) groups excluding carboxylic acids is 1. The smallest absolute Gasteiger partial charge is 0.394 e. The number of unbranched alkanes of at least 4 members (excludes halogenated alkanes) is 19. The molecule has 1 amide bonds. The van der Waals surface area contributed by atoms with Crippen LogP contribution in [0.4, 0.5) is 0 Å². The molecule has 0 saturated carbocycles. The fourth-order valence-electron chi connectivity index (χ4n) is 6.16. The van der Waals surface area contributed by atoms with Gasteiger partial charge in [-0.25, -0.2) is 4.18 Å². The van der Waals surface area contributed by atoms with Crippen LogP contribution < -0.4 is 5.32 Å². The van der Waals surface area contributed by atoms with E-state index in [0.717, 1.165) is 51.4 Å². The largest absolute Gasteiger partial charge is 0.397 e. The van der Waals surface area contributed by atoms with Gasteiger partial charge in [0.25, 0.3) is 0 Å².